The van der Waals surface area contributed by atoms with Crippen molar-refractivity contribution in [2.24, 2.45) is 5.16 Å². The van der Waals surface area contributed by atoms with Gasteiger partial charge in [-0.25, -0.2) is 0 Å². The third-order valence-electron chi connectivity index (χ3n) is 2.00. The first-order chi connectivity index (χ1) is 6.81. The van der Waals surface area contributed by atoms with Gasteiger partial charge >= 0.3 is 0 Å². The summed E-state index contributed by atoms with van der Waals surface area (Å²) in [6, 6.07) is 9.39. The van der Waals surface area contributed by atoms with Crippen molar-refractivity contribution in [2.45, 2.75) is 12.5 Å². The highest BCUT2D eigenvalue weighted by atomic mass is 35.5. The average molecular weight is 207 g/mol. The molecule has 0 aromatic heterocycles. The average Bonchev–Trinajstić information content (AvgIpc) is 2.67. The zero-order valence-electron chi connectivity index (χ0n) is 7.27. The molecule has 70 valence electrons. The quantitative estimate of drug-likeness (QED) is 0.708. The van der Waals surface area contributed by atoms with E-state index in [4.69, 9.17) is 21.7 Å². The molecular formula is C10H7ClN2O. The second-order valence-electron chi connectivity index (χ2n) is 2.95. The lowest BCUT2D eigenvalue weighted by atomic mass is 10.1. The summed E-state index contributed by atoms with van der Waals surface area (Å²) in [5.41, 5.74) is 1.58. The molecule has 4 heteroatoms. The molecule has 0 amide bonds. The van der Waals surface area contributed by atoms with Crippen LogP contribution in [0.1, 0.15) is 12.0 Å². The Morgan fingerprint density at radius 3 is 2.93 bits per heavy atom. The van der Waals surface area contributed by atoms with Crippen LogP contribution in [-0.2, 0) is 4.84 Å². The van der Waals surface area contributed by atoms with Crippen molar-refractivity contribution in [3.05, 3.63) is 34.9 Å². The normalized spacial score (nSPS) is 19.7. The Hall–Kier alpha value is -1.53. The first-order valence-corrected chi connectivity index (χ1v) is 4.56. The Morgan fingerprint density at radius 1 is 1.50 bits per heavy atom. The number of hydrogen-bond donors (Lipinski definition) is 0. The van der Waals surface area contributed by atoms with E-state index in [2.05, 4.69) is 5.16 Å². The van der Waals surface area contributed by atoms with Gasteiger partial charge in [0, 0.05) is 17.0 Å². The molecule has 0 saturated heterocycles. The van der Waals surface area contributed by atoms with Crippen LogP contribution in [0.2, 0.25) is 5.02 Å². The minimum Gasteiger partial charge on any atom is -0.376 e. The molecule has 1 atom stereocenters. The molecule has 14 heavy (non-hydrogen) atoms. The third-order valence-corrected chi connectivity index (χ3v) is 2.33. The van der Waals surface area contributed by atoms with Gasteiger partial charge in [0.25, 0.3) is 0 Å². The number of oxime groups is 1. The van der Waals surface area contributed by atoms with E-state index in [0.717, 1.165) is 11.3 Å². The van der Waals surface area contributed by atoms with Crippen molar-refractivity contribution in [3.63, 3.8) is 0 Å². The van der Waals surface area contributed by atoms with Crippen molar-refractivity contribution in [1.82, 2.24) is 0 Å². The van der Waals surface area contributed by atoms with Crippen LogP contribution >= 0.6 is 11.6 Å². The van der Waals surface area contributed by atoms with Gasteiger partial charge in [-0.3, -0.25) is 0 Å². The zero-order valence-corrected chi connectivity index (χ0v) is 8.03. The smallest absolute Gasteiger partial charge is 0.218 e. The Kier molecular flexibility index (Phi) is 2.38. The van der Waals surface area contributed by atoms with Gasteiger partial charge < -0.3 is 4.84 Å². The highest BCUT2D eigenvalue weighted by Crippen LogP contribution is 2.22. The lowest BCUT2D eigenvalue weighted by Crippen LogP contribution is -2.05. The maximum Gasteiger partial charge on any atom is 0.218 e. The minimum atomic E-state index is -0.471. The lowest BCUT2D eigenvalue weighted by Gasteiger charge is -2.00. The Balaban J connectivity index is 2.27. The van der Waals surface area contributed by atoms with Crippen molar-refractivity contribution < 1.29 is 4.84 Å². The van der Waals surface area contributed by atoms with E-state index in [0.29, 0.717) is 11.4 Å². The highest BCUT2D eigenvalue weighted by Gasteiger charge is 2.22. The first kappa shape index (κ1) is 9.04. The van der Waals surface area contributed by atoms with Gasteiger partial charge in [0.2, 0.25) is 6.10 Å². The molecule has 0 saturated carbocycles. The molecule has 1 heterocycles. The third kappa shape index (κ3) is 1.57. The maximum absolute atomic E-state index is 8.62. The first-order valence-electron chi connectivity index (χ1n) is 4.18. The highest BCUT2D eigenvalue weighted by molar-refractivity contribution is 6.34. The molecule has 2 rings (SSSR count). The molecule has 1 aliphatic heterocycles. The van der Waals surface area contributed by atoms with Gasteiger partial charge in [-0.05, 0) is 6.07 Å². The van der Waals surface area contributed by atoms with Crippen LogP contribution < -0.4 is 0 Å². The SMILES string of the molecule is N#C[C@@H]1CC(c2ccccc2Cl)=NO1. The van der Waals surface area contributed by atoms with Gasteiger partial charge in [0.15, 0.2) is 0 Å². The summed E-state index contributed by atoms with van der Waals surface area (Å²) < 4.78 is 0. The molecule has 0 radical (unpaired) electrons. The second-order valence-corrected chi connectivity index (χ2v) is 3.35. The van der Waals surface area contributed by atoms with Crippen LogP contribution in [0.4, 0.5) is 0 Å². The van der Waals surface area contributed by atoms with Crippen LogP contribution in [-0.4, -0.2) is 11.8 Å². The molecule has 0 spiro atoms. The Bertz CT molecular complexity index is 422. The van der Waals surface area contributed by atoms with E-state index < -0.39 is 6.10 Å². The summed E-state index contributed by atoms with van der Waals surface area (Å²) in [7, 11) is 0. The number of hydrogen-bond acceptors (Lipinski definition) is 3. The van der Waals surface area contributed by atoms with E-state index in [1.807, 2.05) is 24.3 Å². The van der Waals surface area contributed by atoms with E-state index >= 15 is 0 Å². The summed E-state index contributed by atoms with van der Waals surface area (Å²) >= 11 is 5.98. The molecule has 0 bridgehead atoms. The van der Waals surface area contributed by atoms with Crippen LogP contribution in [0.5, 0.6) is 0 Å². The van der Waals surface area contributed by atoms with Gasteiger partial charge in [-0.2, -0.15) is 5.26 Å². The topological polar surface area (TPSA) is 45.4 Å². The summed E-state index contributed by atoms with van der Waals surface area (Å²) in [6.45, 7) is 0. The second kappa shape index (κ2) is 3.69. The number of nitriles is 1. The van der Waals surface area contributed by atoms with Gasteiger partial charge in [0.1, 0.15) is 6.07 Å². The van der Waals surface area contributed by atoms with Crippen molar-refractivity contribution in [2.75, 3.05) is 0 Å². The molecule has 1 aromatic rings. The standard InChI is InChI=1S/C10H7ClN2O/c11-9-4-2-1-3-8(9)10-5-7(6-12)14-13-10/h1-4,7H,5H2/t7-/m0/s1. The van der Waals surface area contributed by atoms with E-state index in [-0.39, 0.29) is 0 Å². The number of halogens is 1. The van der Waals surface area contributed by atoms with Crippen LogP contribution in [0.25, 0.3) is 0 Å². The predicted molar refractivity (Wildman–Crippen MR) is 53.1 cm³/mol. The number of nitrogens with zero attached hydrogens (tertiary/aromatic N) is 2. The van der Waals surface area contributed by atoms with Gasteiger partial charge in [-0.15, -0.1) is 0 Å². The van der Waals surface area contributed by atoms with E-state index in [1.165, 1.54) is 0 Å². The van der Waals surface area contributed by atoms with Crippen LogP contribution in [0.15, 0.2) is 29.4 Å². The van der Waals surface area contributed by atoms with E-state index in [1.54, 1.807) is 6.07 Å². The zero-order chi connectivity index (χ0) is 9.97. The summed E-state index contributed by atoms with van der Waals surface area (Å²) in [5, 5.41) is 13.1. The predicted octanol–water partition coefficient (Wildman–Crippen LogP) is 2.36. The fourth-order valence-corrected chi connectivity index (χ4v) is 1.55. The monoisotopic (exact) mass is 206 g/mol. The molecule has 0 N–H and O–H groups in total. The Labute approximate surface area is 86.5 Å². The summed E-state index contributed by atoms with van der Waals surface area (Å²) in [4.78, 5) is 4.89. The fourth-order valence-electron chi connectivity index (χ4n) is 1.30. The largest absolute Gasteiger partial charge is 0.376 e. The minimum absolute atomic E-state index is 0.471. The van der Waals surface area contributed by atoms with Crippen LogP contribution in [0.3, 0.4) is 0 Å². The molecule has 0 unspecified atom stereocenters. The number of rotatable bonds is 1. The summed E-state index contributed by atoms with van der Waals surface area (Å²) in [5.74, 6) is 0. The van der Waals surface area contributed by atoms with Crippen molar-refractivity contribution in [3.8, 4) is 6.07 Å². The molecular weight excluding hydrogens is 200 g/mol. The molecule has 3 nitrogen and oxygen atoms in total. The van der Waals surface area contributed by atoms with Crippen LogP contribution in [0, 0.1) is 11.3 Å². The number of benzene rings is 1. The van der Waals surface area contributed by atoms with E-state index in [9.17, 15) is 0 Å². The van der Waals surface area contributed by atoms with Gasteiger partial charge in [0.05, 0.1) is 5.71 Å². The molecule has 1 aliphatic rings. The Morgan fingerprint density at radius 2 is 2.29 bits per heavy atom. The van der Waals surface area contributed by atoms with Gasteiger partial charge in [-0.1, -0.05) is 35.0 Å². The maximum atomic E-state index is 8.62. The van der Waals surface area contributed by atoms with Crippen molar-refractivity contribution >= 4 is 17.3 Å². The van der Waals surface area contributed by atoms with Crippen molar-refractivity contribution in [1.29, 1.82) is 5.26 Å². The molecule has 0 fully saturated rings. The molecule has 1 aromatic carbocycles. The lowest BCUT2D eigenvalue weighted by molar-refractivity contribution is 0.125. The molecule has 0 aliphatic carbocycles. The summed E-state index contributed by atoms with van der Waals surface area (Å²) in [6.07, 6.45) is 0.0292. The fraction of sp³-hybridized carbons (Fsp3) is 0.200.